The molecule has 1 fully saturated rings. The van der Waals surface area contributed by atoms with Gasteiger partial charge in [-0.25, -0.2) is 9.97 Å². The van der Waals surface area contributed by atoms with Crippen molar-refractivity contribution in [2.45, 2.75) is 37.2 Å². The van der Waals surface area contributed by atoms with Gasteiger partial charge in [0.2, 0.25) is 0 Å². The first-order valence-electron chi connectivity index (χ1n) is 20.0. The monoisotopic (exact) mass is 735 g/mol. The van der Waals surface area contributed by atoms with E-state index in [4.69, 9.17) is 19.1 Å². The van der Waals surface area contributed by atoms with Gasteiger partial charge in [-0.3, -0.25) is 0 Å². The number of aromatic nitrogens is 3. The minimum atomic E-state index is 0.161. The zero-order valence-corrected chi connectivity index (χ0v) is 31.2. The van der Waals surface area contributed by atoms with Gasteiger partial charge in [-0.05, 0) is 91.1 Å². The standard InChI is InChI=1S/C52H37N3O2/c1-3-12-32(13-4-1)52-53-43(35-22-25-39-38-17-8-10-20-47(38)57-50(39)30-35)31-44(54-52)40-18-11-21-49-51(40)42-29-34(24-27-48(42)56-49)33-23-26-46-41(28-33)37-16-7-9-19-45(37)55(46)36-14-5-2-6-15-36/h1-21,23-24,26-29,31,35,39,50H,22,25,30H2. The summed E-state index contributed by atoms with van der Waals surface area (Å²) in [6.45, 7) is 0. The number of benzene rings is 7. The van der Waals surface area contributed by atoms with Gasteiger partial charge in [0.05, 0.1) is 16.7 Å². The molecule has 1 saturated carbocycles. The van der Waals surface area contributed by atoms with Crippen molar-refractivity contribution in [2.24, 2.45) is 0 Å². The fourth-order valence-electron chi connectivity index (χ4n) is 9.70. The second-order valence-corrected chi connectivity index (χ2v) is 15.6. The van der Waals surface area contributed by atoms with E-state index in [1.54, 1.807) is 0 Å². The summed E-state index contributed by atoms with van der Waals surface area (Å²) in [5.74, 6) is 2.49. The van der Waals surface area contributed by atoms with Crippen LogP contribution in [0.3, 0.4) is 0 Å². The zero-order chi connectivity index (χ0) is 37.5. The Labute approximate surface area is 329 Å². The lowest BCUT2D eigenvalue weighted by atomic mass is 9.76. The van der Waals surface area contributed by atoms with Crippen LogP contribution in [-0.2, 0) is 0 Å². The number of rotatable bonds is 5. The lowest BCUT2D eigenvalue weighted by Gasteiger charge is -2.31. The smallest absolute Gasteiger partial charge is 0.160 e. The first-order valence-corrected chi connectivity index (χ1v) is 20.0. The Morgan fingerprint density at radius 1 is 0.544 bits per heavy atom. The predicted molar refractivity (Wildman–Crippen MR) is 230 cm³/mol. The summed E-state index contributed by atoms with van der Waals surface area (Å²) < 4.78 is 15.5. The predicted octanol–water partition coefficient (Wildman–Crippen LogP) is 13.3. The highest BCUT2D eigenvalue weighted by molar-refractivity contribution is 6.14. The maximum Gasteiger partial charge on any atom is 0.160 e. The summed E-state index contributed by atoms with van der Waals surface area (Å²) in [4.78, 5) is 10.6. The van der Waals surface area contributed by atoms with Crippen molar-refractivity contribution >= 4 is 43.7 Å². The molecule has 10 aromatic rings. The van der Waals surface area contributed by atoms with E-state index in [9.17, 15) is 0 Å². The van der Waals surface area contributed by atoms with E-state index in [2.05, 4.69) is 168 Å². The van der Waals surface area contributed by atoms with Crippen LogP contribution in [0.4, 0.5) is 0 Å². The van der Waals surface area contributed by atoms with Crippen molar-refractivity contribution in [1.29, 1.82) is 0 Å². The Balaban J connectivity index is 0.984. The number of hydrogen-bond acceptors (Lipinski definition) is 4. The van der Waals surface area contributed by atoms with Gasteiger partial charge in [-0.15, -0.1) is 0 Å². The van der Waals surface area contributed by atoms with Crippen molar-refractivity contribution in [3.8, 4) is 45.2 Å². The Kier molecular flexibility index (Phi) is 7.24. The van der Waals surface area contributed by atoms with Crippen LogP contribution in [0, 0.1) is 0 Å². The molecule has 1 aliphatic carbocycles. The molecule has 0 saturated heterocycles. The van der Waals surface area contributed by atoms with Crippen LogP contribution in [-0.4, -0.2) is 20.6 Å². The molecule has 7 aromatic carbocycles. The molecule has 2 aliphatic rings. The maximum absolute atomic E-state index is 6.56. The van der Waals surface area contributed by atoms with Gasteiger partial charge in [-0.1, -0.05) is 109 Å². The van der Waals surface area contributed by atoms with Crippen LogP contribution in [0.2, 0.25) is 0 Å². The van der Waals surface area contributed by atoms with Gasteiger partial charge in [-0.2, -0.15) is 0 Å². The van der Waals surface area contributed by atoms with E-state index in [0.717, 1.165) is 92.1 Å². The molecule has 3 unspecified atom stereocenters. The molecule has 5 nitrogen and oxygen atoms in total. The molecule has 0 radical (unpaired) electrons. The van der Waals surface area contributed by atoms with E-state index in [1.165, 1.54) is 27.4 Å². The molecule has 272 valence electrons. The average molecular weight is 736 g/mol. The maximum atomic E-state index is 6.56. The molecular formula is C52H37N3O2. The summed E-state index contributed by atoms with van der Waals surface area (Å²) in [5, 5.41) is 4.61. The van der Waals surface area contributed by atoms with Crippen LogP contribution in [0.5, 0.6) is 5.75 Å². The number of nitrogens with zero attached hydrogens (tertiary/aromatic N) is 3. The van der Waals surface area contributed by atoms with Gasteiger partial charge in [0.25, 0.3) is 0 Å². The molecule has 1 aliphatic heterocycles. The summed E-state index contributed by atoms with van der Waals surface area (Å²) >= 11 is 0. The van der Waals surface area contributed by atoms with E-state index in [0.29, 0.717) is 5.92 Å². The highest BCUT2D eigenvalue weighted by Crippen LogP contribution is 2.49. The van der Waals surface area contributed by atoms with Gasteiger partial charge in [0.1, 0.15) is 23.0 Å². The third-order valence-corrected chi connectivity index (χ3v) is 12.4. The highest BCUT2D eigenvalue weighted by Gasteiger charge is 2.40. The summed E-state index contributed by atoms with van der Waals surface area (Å²) in [6, 6.07) is 60.2. The Morgan fingerprint density at radius 3 is 2.19 bits per heavy atom. The topological polar surface area (TPSA) is 53.1 Å². The SMILES string of the molecule is c1ccc(-c2nc(-c3cccc4oc5ccc(-c6ccc7c(c6)c6ccccc6n7-c6ccccc6)cc5c34)cc(C3CCC4c5ccccc5OC4C3)n2)cc1. The van der Waals surface area contributed by atoms with E-state index < -0.39 is 0 Å². The Morgan fingerprint density at radius 2 is 1.30 bits per heavy atom. The number of para-hydroxylation sites is 3. The lowest BCUT2D eigenvalue weighted by molar-refractivity contribution is 0.150. The number of ether oxygens (including phenoxy) is 1. The summed E-state index contributed by atoms with van der Waals surface area (Å²) in [7, 11) is 0. The number of furan rings is 1. The van der Waals surface area contributed by atoms with E-state index >= 15 is 0 Å². The third kappa shape index (κ3) is 5.23. The molecule has 0 spiro atoms. The van der Waals surface area contributed by atoms with Crippen LogP contribution in [0.1, 0.15) is 42.4 Å². The number of hydrogen-bond donors (Lipinski definition) is 0. The molecule has 4 heterocycles. The van der Waals surface area contributed by atoms with Crippen molar-refractivity contribution in [1.82, 2.24) is 14.5 Å². The molecule has 0 amide bonds. The van der Waals surface area contributed by atoms with Gasteiger partial charge in [0, 0.05) is 61.5 Å². The summed E-state index contributed by atoms with van der Waals surface area (Å²) in [6.07, 6.45) is 3.23. The van der Waals surface area contributed by atoms with Crippen LogP contribution < -0.4 is 4.74 Å². The second-order valence-electron chi connectivity index (χ2n) is 15.6. The minimum Gasteiger partial charge on any atom is -0.489 e. The highest BCUT2D eigenvalue weighted by atomic mass is 16.5. The first kappa shape index (κ1) is 32.3. The fraction of sp³-hybridized carbons (Fsp3) is 0.115. The Bertz CT molecular complexity index is 3160. The summed E-state index contributed by atoms with van der Waals surface area (Å²) in [5.41, 5.74) is 12.9. The van der Waals surface area contributed by atoms with Gasteiger partial charge in [0.15, 0.2) is 5.82 Å². The average Bonchev–Trinajstić information content (AvgIpc) is 3.95. The van der Waals surface area contributed by atoms with Crippen molar-refractivity contribution in [3.63, 3.8) is 0 Å². The van der Waals surface area contributed by atoms with Crippen LogP contribution >= 0.6 is 0 Å². The fourth-order valence-corrected chi connectivity index (χ4v) is 9.70. The third-order valence-electron chi connectivity index (χ3n) is 12.4. The first-order chi connectivity index (χ1) is 28.2. The molecule has 0 N–H and O–H groups in total. The molecule has 12 rings (SSSR count). The minimum absolute atomic E-state index is 0.161. The normalized spacial score (nSPS) is 17.6. The largest absolute Gasteiger partial charge is 0.489 e. The molecule has 5 heteroatoms. The number of fused-ring (bicyclic) bond motifs is 9. The lowest BCUT2D eigenvalue weighted by Crippen LogP contribution is -2.27. The van der Waals surface area contributed by atoms with Gasteiger partial charge >= 0.3 is 0 Å². The van der Waals surface area contributed by atoms with Gasteiger partial charge < -0.3 is 13.7 Å². The van der Waals surface area contributed by atoms with E-state index in [1.807, 2.05) is 6.07 Å². The second kappa shape index (κ2) is 12.8. The van der Waals surface area contributed by atoms with Crippen molar-refractivity contribution < 1.29 is 9.15 Å². The van der Waals surface area contributed by atoms with Crippen molar-refractivity contribution in [3.05, 3.63) is 181 Å². The molecule has 57 heavy (non-hydrogen) atoms. The molecular weight excluding hydrogens is 699 g/mol. The quantitative estimate of drug-likeness (QED) is 0.177. The Hall–Kier alpha value is -6.98. The van der Waals surface area contributed by atoms with Crippen molar-refractivity contribution in [2.75, 3.05) is 0 Å². The molecule has 0 bridgehead atoms. The molecule has 3 atom stereocenters. The zero-order valence-electron chi connectivity index (χ0n) is 31.2. The van der Waals surface area contributed by atoms with E-state index in [-0.39, 0.29) is 12.0 Å². The van der Waals surface area contributed by atoms with Crippen LogP contribution in [0.15, 0.2) is 174 Å². The molecule has 3 aromatic heterocycles. The van der Waals surface area contributed by atoms with Crippen LogP contribution in [0.25, 0.3) is 83.2 Å².